The average molecular weight is 198 g/mol. The molecule has 0 atom stereocenters. The van der Waals surface area contributed by atoms with Crippen LogP contribution in [-0.2, 0) is 14.3 Å². The molecule has 3 heteroatoms. The van der Waals surface area contributed by atoms with Crippen molar-refractivity contribution in [1.29, 1.82) is 0 Å². The van der Waals surface area contributed by atoms with Crippen LogP contribution < -0.4 is 0 Å². The van der Waals surface area contributed by atoms with Crippen LogP contribution in [0.5, 0.6) is 0 Å². The van der Waals surface area contributed by atoms with E-state index in [-0.39, 0.29) is 5.78 Å². The molecular weight excluding hydrogens is 180 g/mol. The van der Waals surface area contributed by atoms with Gasteiger partial charge in [-0.3, -0.25) is 4.79 Å². The molecular formula is C11H18O3. The van der Waals surface area contributed by atoms with Crippen LogP contribution in [0.25, 0.3) is 0 Å². The van der Waals surface area contributed by atoms with Gasteiger partial charge in [0.25, 0.3) is 0 Å². The highest BCUT2D eigenvalue weighted by Gasteiger charge is 2.31. The van der Waals surface area contributed by atoms with Crippen LogP contribution >= 0.6 is 0 Å². The summed E-state index contributed by atoms with van der Waals surface area (Å²) >= 11 is 0. The Morgan fingerprint density at radius 2 is 2.36 bits per heavy atom. The summed E-state index contributed by atoms with van der Waals surface area (Å²) in [4.78, 5) is 11.9. The lowest BCUT2D eigenvalue weighted by molar-refractivity contribution is -0.136. The number of carbonyl (C=O) groups excluding carboxylic acids is 1. The van der Waals surface area contributed by atoms with E-state index in [1.54, 1.807) is 20.1 Å². The van der Waals surface area contributed by atoms with Crippen molar-refractivity contribution in [2.45, 2.75) is 39.2 Å². The van der Waals surface area contributed by atoms with Crippen LogP contribution in [-0.4, -0.2) is 24.6 Å². The van der Waals surface area contributed by atoms with E-state index in [4.69, 9.17) is 9.47 Å². The largest absolute Gasteiger partial charge is 0.501 e. The van der Waals surface area contributed by atoms with Crippen molar-refractivity contribution in [2.75, 3.05) is 13.2 Å². The first-order chi connectivity index (χ1) is 6.58. The molecule has 0 fully saturated rings. The fourth-order valence-electron chi connectivity index (χ4n) is 1.54. The van der Waals surface area contributed by atoms with E-state index in [1.807, 2.05) is 6.92 Å². The third kappa shape index (κ3) is 2.58. The Morgan fingerprint density at radius 1 is 1.64 bits per heavy atom. The summed E-state index contributed by atoms with van der Waals surface area (Å²) in [7, 11) is 0. The van der Waals surface area contributed by atoms with Gasteiger partial charge in [-0.05, 0) is 33.6 Å². The zero-order valence-electron chi connectivity index (χ0n) is 9.13. The Kier molecular flexibility index (Phi) is 3.69. The maximum absolute atomic E-state index is 11.9. The lowest BCUT2D eigenvalue weighted by Gasteiger charge is -2.25. The summed E-state index contributed by atoms with van der Waals surface area (Å²) in [6.07, 6.45) is 3.29. The maximum atomic E-state index is 11.9. The second-order valence-electron chi connectivity index (χ2n) is 3.89. The maximum Gasteiger partial charge on any atom is 0.193 e. The van der Waals surface area contributed by atoms with E-state index in [0.29, 0.717) is 13.2 Å². The van der Waals surface area contributed by atoms with Crippen LogP contribution in [0.4, 0.5) is 0 Å². The number of Topliss-reactive ketones (excluding diaryl/α,β-unsaturated/α-hetero) is 1. The van der Waals surface area contributed by atoms with Crippen LogP contribution in [0.1, 0.15) is 33.6 Å². The van der Waals surface area contributed by atoms with Gasteiger partial charge >= 0.3 is 0 Å². The highest BCUT2D eigenvalue weighted by atomic mass is 16.5. The van der Waals surface area contributed by atoms with Crippen molar-refractivity contribution in [3.63, 3.8) is 0 Å². The highest BCUT2D eigenvalue weighted by Crippen LogP contribution is 2.21. The lowest BCUT2D eigenvalue weighted by Crippen LogP contribution is -2.36. The van der Waals surface area contributed by atoms with E-state index in [0.717, 1.165) is 18.4 Å². The molecule has 0 saturated carbocycles. The van der Waals surface area contributed by atoms with Crippen LogP contribution in [0.2, 0.25) is 0 Å². The molecule has 3 nitrogen and oxygen atoms in total. The molecule has 1 rings (SSSR count). The number of hydrogen-bond donors (Lipinski definition) is 0. The van der Waals surface area contributed by atoms with Crippen molar-refractivity contribution in [1.82, 2.24) is 0 Å². The third-order valence-corrected chi connectivity index (χ3v) is 2.28. The molecule has 0 unspecified atom stereocenters. The lowest BCUT2D eigenvalue weighted by atomic mass is 9.93. The first-order valence-corrected chi connectivity index (χ1v) is 5.07. The van der Waals surface area contributed by atoms with Gasteiger partial charge in [-0.15, -0.1) is 0 Å². The highest BCUT2D eigenvalue weighted by molar-refractivity contribution is 6.01. The fourth-order valence-corrected chi connectivity index (χ4v) is 1.54. The summed E-state index contributed by atoms with van der Waals surface area (Å²) in [5, 5.41) is 0. The van der Waals surface area contributed by atoms with Gasteiger partial charge in [0.05, 0.1) is 12.9 Å². The summed E-state index contributed by atoms with van der Waals surface area (Å²) in [5.41, 5.74) is 0.0241. The molecule has 14 heavy (non-hydrogen) atoms. The Labute approximate surface area is 85.1 Å². The molecule has 0 saturated heterocycles. The van der Waals surface area contributed by atoms with E-state index in [9.17, 15) is 4.79 Å². The van der Waals surface area contributed by atoms with Gasteiger partial charge in [0.2, 0.25) is 0 Å². The molecule has 0 aliphatic carbocycles. The normalized spacial score (nSPS) is 17.2. The average Bonchev–Trinajstić information content (AvgIpc) is 2.18. The van der Waals surface area contributed by atoms with Gasteiger partial charge < -0.3 is 9.47 Å². The number of carbonyl (C=O) groups is 1. The second-order valence-corrected chi connectivity index (χ2v) is 3.89. The molecule has 0 amide bonds. The van der Waals surface area contributed by atoms with E-state index in [2.05, 4.69) is 0 Å². The van der Waals surface area contributed by atoms with Crippen molar-refractivity contribution in [3.8, 4) is 0 Å². The fraction of sp³-hybridized carbons (Fsp3) is 0.727. The predicted molar refractivity (Wildman–Crippen MR) is 54.0 cm³/mol. The van der Waals surface area contributed by atoms with E-state index in [1.165, 1.54) is 0 Å². The Balaban J connectivity index is 2.67. The SMILES string of the molecule is CCOC(C)(C)C(=O)C1=COCCC1. The van der Waals surface area contributed by atoms with Gasteiger partial charge in [0, 0.05) is 12.2 Å². The molecule has 0 aromatic heterocycles. The summed E-state index contributed by atoms with van der Waals surface area (Å²) in [6.45, 7) is 6.75. The zero-order valence-corrected chi connectivity index (χ0v) is 9.13. The number of ketones is 1. The smallest absolute Gasteiger partial charge is 0.193 e. The summed E-state index contributed by atoms with van der Waals surface area (Å²) in [6, 6.07) is 0. The second kappa shape index (κ2) is 4.60. The first-order valence-electron chi connectivity index (χ1n) is 5.07. The molecule has 0 N–H and O–H groups in total. The minimum absolute atomic E-state index is 0.0408. The van der Waals surface area contributed by atoms with E-state index < -0.39 is 5.60 Å². The van der Waals surface area contributed by atoms with Crippen LogP contribution in [0.3, 0.4) is 0 Å². The number of rotatable bonds is 4. The Hall–Kier alpha value is -0.830. The topological polar surface area (TPSA) is 35.5 Å². The minimum Gasteiger partial charge on any atom is -0.501 e. The third-order valence-electron chi connectivity index (χ3n) is 2.28. The van der Waals surface area contributed by atoms with Gasteiger partial charge in [-0.1, -0.05) is 0 Å². The molecule has 0 aromatic carbocycles. The predicted octanol–water partition coefficient (Wildman–Crippen LogP) is 2.06. The number of ether oxygens (including phenoxy) is 2. The van der Waals surface area contributed by atoms with Gasteiger partial charge in [-0.25, -0.2) is 0 Å². The molecule has 0 aromatic rings. The molecule has 0 bridgehead atoms. The number of hydrogen-bond acceptors (Lipinski definition) is 3. The standard InChI is InChI=1S/C11H18O3/c1-4-14-11(2,3)10(12)9-6-5-7-13-8-9/h8H,4-7H2,1-3H3. The monoisotopic (exact) mass is 198 g/mol. The van der Waals surface area contributed by atoms with Crippen molar-refractivity contribution in [2.24, 2.45) is 0 Å². The Morgan fingerprint density at radius 3 is 2.86 bits per heavy atom. The first kappa shape index (κ1) is 11.2. The van der Waals surface area contributed by atoms with Crippen molar-refractivity contribution >= 4 is 5.78 Å². The van der Waals surface area contributed by atoms with Gasteiger partial charge in [0.15, 0.2) is 5.78 Å². The van der Waals surface area contributed by atoms with Crippen LogP contribution in [0, 0.1) is 0 Å². The van der Waals surface area contributed by atoms with Gasteiger partial charge in [0.1, 0.15) is 5.60 Å². The summed E-state index contributed by atoms with van der Waals surface area (Å²) < 4.78 is 10.5. The molecule has 0 spiro atoms. The van der Waals surface area contributed by atoms with E-state index >= 15 is 0 Å². The van der Waals surface area contributed by atoms with Gasteiger partial charge in [-0.2, -0.15) is 0 Å². The summed E-state index contributed by atoms with van der Waals surface area (Å²) in [5.74, 6) is 0.0408. The molecule has 1 heterocycles. The molecule has 1 aliphatic rings. The van der Waals surface area contributed by atoms with Crippen molar-refractivity contribution < 1.29 is 14.3 Å². The molecule has 1 aliphatic heterocycles. The van der Waals surface area contributed by atoms with Crippen molar-refractivity contribution in [3.05, 3.63) is 11.8 Å². The minimum atomic E-state index is -0.721. The molecule has 0 radical (unpaired) electrons. The molecule has 80 valence electrons. The quantitative estimate of drug-likeness (QED) is 0.693. The van der Waals surface area contributed by atoms with Crippen LogP contribution in [0.15, 0.2) is 11.8 Å². The zero-order chi connectivity index (χ0) is 10.6. The Bertz CT molecular complexity index is 241.